The third-order valence-corrected chi connectivity index (χ3v) is 4.19. The quantitative estimate of drug-likeness (QED) is 0.772. The highest BCUT2D eigenvalue weighted by atomic mass is 16.3. The van der Waals surface area contributed by atoms with Crippen molar-refractivity contribution in [3.05, 3.63) is 0 Å². The highest BCUT2D eigenvalue weighted by molar-refractivity contribution is 5.74. The molecule has 0 bridgehead atoms. The van der Waals surface area contributed by atoms with E-state index in [1.807, 2.05) is 11.8 Å². The highest BCUT2D eigenvalue weighted by Crippen LogP contribution is 2.22. The molecule has 0 radical (unpaired) electrons. The number of nitrogens with one attached hydrogen (secondary N) is 1. The number of nitrogens with zero attached hydrogens (tertiary/aromatic N) is 1. The predicted octanol–water partition coefficient (Wildman–Crippen LogP) is 1.73. The van der Waals surface area contributed by atoms with Gasteiger partial charge >= 0.3 is 6.03 Å². The van der Waals surface area contributed by atoms with Crippen LogP contribution in [0.2, 0.25) is 0 Å². The number of carbonyl (C=O) groups excluding carboxylic acids is 1. The first-order valence-corrected chi connectivity index (χ1v) is 6.90. The SMILES string of the molecule is CC(O)C1CCN(C(=O)NC2CCCC2)CC1. The van der Waals surface area contributed by atoms with Crippen LogP contribution in [0.3, 0.4) is 0 Å². The molecule has 1 aliphatic heterocycles. The van der Waals surface area contributed by atoms with Crippen molar-refractivity contribution in [2.75, 3.05) is 13.1 Å². The molecule has 0 aromatic carbocycles. The molecule has 17 heavy (non-hydrogen) atoms. The molecule has 0 aromatic heterocycles. The van der Waals surface area contributed by atoms with Gasteiger partial charge in [-0.3, -0.25) is 0 Å². The Hall–Kier alpha value is -0.770. The van der Waals surface area contributed by atoms with Crippen molar-refractivity contribution < 1.29 is 9.90 Å². The number of piperidine rings is 1. The number of urea groups is 1. The van der Waals surface area contributed by atoms with Crippen LogP contribution in [-0.2, 0) is 0 Å². The van der Waals surface area contributed by atoms with Gasteiger partial charge in [-0.05, 0) is 38.5 Å². The Bertz CT molecular complexity index is 254. The van der Waals surface area contributed by atoms with E-state index >= 15 is 0 Å². The number of likely N-dealkylation sites (tertiary alicyclic amines) is 1. The van der Waals surface area contributed by atoms with Gasteiger partial charge in [-0.15, -0.1) is 0 Å². The van der Waals surface area contributed by atoms with Gasteiger partial charge < -0.3 is 15.3 Å². The largest absolute Gasteiger partial charge is 0.393 e. The van der Waals surface area contributed by atoms with Crippen molar-refractivity contribution in [3.63, 3.8) is 0 Å². The molecule has 1 unspecified atom stereocenters. The molecule has 4 nitrogen and oxygen atoms in total. The van der Waals surface area contributed by atoms with E-state index in [0.29, 0.717) is 12.0 Å². The van der Waals surface area contributed by atoms with Crippen LogP contribution in [0.4, 0.5) is 4.79 Å². The molecule has 98 valence electrons. The maximum Gasteiger partial charge on any atom is 0.317 e. The van der Waals surface area contributed by atoms with Gasteiger partial charge in [-0.1, -0.05) is 12.8 Å². The van der Waals surface area contributed by atoms with Gasteiger partial charge in [0, 0.05) is 19.1 Å². The van der Waals surface area contributed by atoms with E-state index in [1.54, 1.807) is 0 Å². The molecule has 1 saturated carbocycles. The summed E-state index contributed by atoms with van der Waals surface area (Å²) in [5.74, 6) is 0.366. The van der Waals surface area contributed by atoms with E-state index in [4.69, 9.17) is 0 Å². The molecule has 1 heterocycles. The molecular weight excluding hydrogens is 216 g/mol. The van der Waals surface area contributed by atoms with E-state index in [-0.39, 0.29) is 12.1 Å². The Morgan fingerprint density at radius 1 is 1.24 bits per heavy atom. The second kappa shape index (κ2) is 5.71. The topological polar surface area (TPSA) is 52.6 Å². The van der Waals surface area contributed by atoms with Gasteiger partial charge in [-0.25, -0.2) is 4.79 Å². The highest BCUT2D eigenvalue weighted by Gasteiger charge is 2.27. The van der Waals surface area contributed by atoms with Crippen molar-refractivity contribution in [2.45, 2.75) is 57.6 Å². The summed E-state index contributed by atoms with van der Waals surface area (Å²) in [5.41, 5.74) is 0. The standard InChI is InChI=1S/C13H24N2O2/c1-10(16)11-6-8-15(9-7-11)13(17)14-12-4-2-3-5-12/h10-12,16H,2-9H2,1H3,(H,14,17). The van der Waals surface area contributed by atoms with E-state index in [2.05, 4.69) is 5.32 Å². The summed E-state index contributed by atoms with van der Waals surface area (Å²) < 4.78 is 0. The summed E-state index contributed by atoms with van der Waals surface area (Å²) in [5, 5.41) is 12.6. The summed E-state index contributed by atoms with van der Waals surface area (Å²) >= 11 is 0. The van der Waals surface area contributed by atoms with Gasteiger partial charge in [0.2, 0.25) is 0 Å². The smallest absolute Gasteiger partial charge is 0.317 e. The Morgan fingerprint density at radius 2 is 1.82 bits per heavy atom. The molecule has 0 aromatic rings. The van der Waals surface area contributed by atoms with Gasteiger partial charge in [0.25, 0.3) is 0 Å². The molecule has 2 rings (SSSR count). The molecule has 0 spiro atoms. The second-order valence-electron chi connectivity index (χ2n) is 5.50. The number of amides is 2. The average Bonchev–Trinajstić information content (AvgIpc) is 2.82. The number of aliphatic hydroxyl groups excluding tert-OH is 1. The Kier molecular flexibility index (Phi) is 4.26. The first kappa shape index (κ1) is 12.7. The van der Waals surface area contributed by atoms with Crippen LogP contribution in [0.1, 0.15) is 45.4 Å². The summed E-state index contributed by atoms with van der Waals surface area (Å²) in [6, 6.07) is 0.498. The first-order valence-electron chi connectivity index (χ1n) is 6.90. The fraction of sp³-hybridized carbons (Fsp3) is 0.923. The van der Waals surface area contributed by atoms with Gasteiger partial charge in [-0.2, -0.15) is 0 Å². The minimum Gasteiger partial charge on any atom is -0.393 e. The fourth-order valence-electron chi connectivity index (χ4n) is 2.92. The summed E-state index contributed by atoms with van der Waals surface area (Å²) in [6.45, 7) is 3.42. The Morgan fingerprint density at radius 3 is 2.35 bits per heavy atom. The summed E-state index contributed by atoms with van der Waals surface area (Å²) in [4.78, 5) is 13.9. The maximum absolute atomic E-state index is 12.0. The van der Waals surface area contributed by atoms with Crippen molar-refractivity contribution >= 4 is 6.03 Å². The third kappa shape index (κ3) is 3.35. The normalized spacial score (nSPS) is 24.9. The number of carbonyl (C=O) groups is 1. The zero-order chi connectivity index (χ0) is 12.3. The zero-order valence-corrected chi connectivity index (χ0v) is 10.7. The molecule has 2 amide bonds. The van der Waals surface area contributed by atoms with E-state index in [1.165, 1.54) is 12.8 Å². The molecule has 2 aliphatic rings. The van der Waals surface area contributed by atoms with Crippen LogP contribution in [0.15, 0.2) is 0 Å². The fourth-order valence-corrected chi connectivity index (χ4v) is 2.92. The Balaban J connectivity index is 1.74. The lowest BCUT2D eigenvalue weighted by atomic mass is 9.92. The van der Waals surface area contributed by atoms with Crippen LogP contribution < -0.4 is 5.32 Å². The van der Waals surface area contributed by atoms with E-state index in [9.17, 15) is 9.90 Å². The van der Waals surface area contributed by atoms with E-state index < -0.39 is 0 Å². The van der Waals surface area contributed by atoms with Crippen molar-refractivity contribution in [2.24, 2.45) is 5.92 Å². The summed E-state index contributed by atoms with van der Waals surface area (Å²) in [6.07, 6.45) is 6.37. The lowest BCUT2D eigenvalue weighted by Crippen LogP contribution is -2.48. The molecule has 2 N–H and O–H groups in total. The molecule has 1 aliphatic carbocycles. The van der Waals surface area contributed by atoms with Crippen LogP contribution in [0.5, 0.6) is 0 Å². The van der Waals surface area contributed by atoms with Crippen LogP contribution in [0.25, 0.3) is 0 Å². The minimum absolute atomic E-state index is 0.0981. The molecule has 4 heteroatoms. The third-order valence-electron chi connectivity index (χ3n) is 4.19. The molecule has 2 fully saturated rings. The van der Waals surface area contributed by atoms with Gasteiger partial charge in [0.15, 0.2) is 0 Å². The second-order valence-corrected chi connectivity index (χ2v) is 5.50. The van der Waals surface area contributed by atoms with Crippen molar-refractivity contribution in [1.82, 2.24) is 10.2 Å². The lowest BCUT2D eigenvalue weighted by Gasteiger charge is -2.33. The van der Waals surface area contributed by atoms with E-state index in [0.717, 1.165) is 38.8 Å². The Labute approximate surface area is 103 Å². The number of hydrogen-bond donors (Lipinski definition) is 2. The molecule has 1 saturated heterocycles. The first-order chi connectivity index (χ1) is 8.16. The van der Waals surface area contributed by atoms with Crippen molar-refractivity contribution in [1.29, 1.82) is 0 Å². The minimum atomic E-state index is -0.241. The van der Waals surface area contributed by atoms with Crippen LogP contribution >= 0.6 is 0 Å². The lowest BCUT2D eigenvalue weighted by molar-refractivity contribution is 0.0793. The zero-order valence-electron chi connectivity index (χ0n) is 10.7. The maximum atomic E-state index is 12.0. The van der Waals surface area contributed by atoms with Crippen LogP contribution in [0, 0.1) is 5.92 Å². The van der Waals surface area contributed by atoms with Crippen molar-refractivity contribution in [3.8, 4) is 0 Å². The number of aliphatic hydroxyl groups is 1. The van der Waals surface area contributed by atoms with Gasteiger partial charge in [0.1, 0.15) is 0 Å². The summed E-state index contributed by atoms with van der Waals surface area (Å²) in [7, 11) is 0. The molecular formula is C13H24N2O2. The van der Waals surface area contributed by atoms with Crippen LogP contribution in [-0.4, -0.2) is 41.3 Å². The number of rotatable bonds is 2. The predicted molar refractivity (Wildman–Crippen MR) is 66.8 cm³/mol. The number of hydrogen-bond acceptors (Lipinski definition) is 2. The monoisotopic (exact) mass is 240 g/mol. The van der Waals surface area contributed by atoms with Gasteiger partial charge in [0.05, 0.1) is 6.10 Å². The average molecular weight is 240 g/mol. The molecule has 1 atom stereocenters.